The highest BCUT2D eigenvalue weighted by Crippen LogP contribution is 2.41. The third kappa shape index (κ3) is 2.22. The molecule has 6 rings (SSSR count). The fraction of sp³-hybridized carbons (Fsp3) is 0.107. The van der Waals surface area contributed by atoms with Crippen LogP contribution in [0, 0.1) is 13.8 Å². The van der Waals surface area contributed by atoms with Crippen molar-refractivity contribution in [2.75, 3.05) is 0 Å². The van der Waals surface area contributed by atoms with Gasteiger partial charge in [-0.1, -0.05) is 60.7 Å². The number of aromatic nitrogens is 1. The predicted octanol–water partition coefficient (Wildman–Crippen LogP) is 7.00. The first-order valence-electron chi connectivity index (χ1n) is 10.4. The number of pyridine rings is 1. The molecule has 0 aliphatic rings. The Morgan fingerprint density at radius 2 is 1.40 bits per heavy atom. The summed E-state index contributed by atoms with van der Waals surface area (Å²) in [5.74, 6) is 0. The zero-order valence-electron chi connectivity index (χ0n) is 17.4. The first-order valence-corrected chi connectivity index (χ1v) is 10.4. The lowest BCUT2D eigenvalue weighted by atomic mass is 9.91. The molecule has 2 heterocycles. The molecule has 0 saturated carbocycles. The first-order chi connectivity index (χ1) is 14.6. The normalized spacial score (nSPS) is 11.8. The molecular weight excluding hydrogens is 366 g/mol. The largest absolute Gasteiger partial charge is 0.455 e. The third-order valence-corrected chi connectivity index (χ3v) is 6.42. The molecule has 2 nitrogen and oxygen atoms in total. The van der Waals surface area contributed by atoms with Crippen molar-refractivity contribution in [3.8, 4) is 11.3 Å². The lowest BCUT2D eigenvalue weighted by molar-refractivity contribution is -0.632. The van der Waals surface area contributed by atoms with Gasteiger partial charge in [0.05, 0.1) is 10.9 Å². The Labute approximate surface area is 175 Å². The van der Waals surface area contributed by atoms with Gasteiger partial charge in [0.15, 0.2) is 5.58 Å². The van der Waals surface area contributed by atoms with E-state index in [0.29, 0.717) is 0 Å². The van der Waals surface area contributed by atoms with Gasteiger partial charge in [0.2, 0.25) is 11.2 Å². The predicted molar refractivity (Wildman–Crippen MR) is 125 cm³/mol. The van der Waals surface area contributed by atoms with Crippen molar-refractivity contribution in [2.24, 2.45) is 7.05 Å². The summed E-state index contributed by atoms with van der Waals surface area (Å²) in [5.41, 5.74) is 8.17. The zero-order chi connectivity index (χ0) is 20.4. The van der Waals surface area contributed by atoms with Crippen LogP contribution in [0.15, 0.2) is 83.3 Å². The lowest BCUT2D eigenvalue weighted by Crippen LogP contribution is -2.32. The standard InChI is InChI=1S/C28H22NO/c1-17-16-19-10-4-5-11-20(19)18(2)25(17)27-26-22-13-7-9-15-24(22)30-28(26)21-12-6-8-14-23(21)29(27)3/h4-16H,1-3H3/q+1. The molecule has 0 unspecified atom stereocenters. The van der Waals surface area contributed by atoms with Gasteiger partial charge in [0, 0.05) is 11.5 Å². The highest BCUT2D eigenvalue weighted by molar-refractivity contribution is 6.18. The summed E-state index contributed by atoms with van der Waals surface area (Å²) in [5, 5.41) is 6.08. The fourth-order valence-electron chi connectivity index (χ4n) is 5.07. The summed E-state index contributed by atoms with van der Waals surface area (Å²) in [4.78, 5) is 0. The Bertz CT molecular complexity index is 1620. The summed E-state index contributed by atoms with van der Waals surface area (Å²) in [7, 11) is 2.17. The molecule has 2 aromatic heterocycles. The van der Waals surface area contributed by atoms with Crippen LogP contribution in [0.2, 0.25) is 0 Å². The summed E-state index contributed by atoms with van der Waals surface area (Å²) >= 11 is 0. The maximum absolute atomic E-state index is 6.44. The Kier molecular flexibility index (Phi) is 3.54. The summed E-state index contributed by atoms with van der Waals surface area (Å²) in [6.07, 6.45) is 0. The Hall–Kier alpha value is -3.65. The van der Waals surface area contributed by atoms with E-state index < -0.39 is 0 Å². The zero-order valence-corrected chi connectivity index (χ0v) is 17.4. The van der Waals surface area contributed by atoms with Crippen molar-refractivity contribution in [1.82, 2.24) is 0 Å². The van der Waals surface area contributed by atoms with Crippen LogP contribution in [-0.2, 0) is 7.05 Å². The third-order valence-electron chi connectivity index (χ3n) is 6.42. The minimum absolute atomic E-state index is 0.932. The maximum Gasteiger partial charge on any atom is 0.225 e. The molecule has 0 radical (unpaired) electrons. The van der Waals surface area contributed by atoms with Crippen molar-refractivity contribution in [3.05, 3.63) is 90.0 Å². The maximum atomic E-state index is 6.44. The summed E-state index contributed by atoms with van der Waals surface area (Å²) in [6.45, 7) is 4.46. The number of rotatable bonds is 1. The molecule has 30 heavy (non-hydrogen) atoms. The van der Waals surface area contributed by atoms with E-state index in [1.807, 2.05) is 6.07 Å². The molecule has 2 heteroatoms. The molecule has 4 aromatic carbocycles. The number of aryl methyl sites for hydroxylation is 3. The Balaban J connectivity index is 1.91. The number of fused-ring (bicyclic) bond motifs is 6. The van der Waals surface area contributed by atoms with Gasteiger partial charge < -0.3 is 4.42 Å². The molecule has 6 aromatic rings. The topological polar surface area (TPSA) is 17.0 Å². The highest BCUT2D eigenvalue weighted by atomic mass is 16.3. The van der Waals surface area contributed by atoms with Crippen molar-refractivity contribution in [3.63, 3.8) is 0 Å². The second-order valence-corrected chi connectivity index (χ2v) is 8.14. The van der Waals surface area contributed by atoms with Crippen LogP contribution in [0.5, 0.6) is 0 Å². The smallest absolute Gasteiger partial charge is 0.225 e. The molecule has 0 atom stereocenters. The molecule has 0 N–H and O–H groups in total. The molecule has 0 fully saturated rings. The minimum atomic E-state index is 0.932. The Morgan fingerprint density at radius 1 is 0.733 bits per heavy atom. The second kappa shape index (κ2) is 6.17. The second-order valence-electron chi connectivity index (χ2n) is 8.14. The summed E-state index contributed by atoms with van der Waals surface area (Å²) in [6, 6.07) is 27.8. The average molecular weight is 388 g/mol. The molecule has 0 spiro atoms. The van der Waals surface area contributed by atoms with E-state index in [0.717, 1.165) is 21.9 Å². The fourth-order valence-corrected chi connectivity index (χ4v) is 5.07. The van der Waals surface area contributed by atoms with Crippen molar-refractivity contribution >= 4 is 43.6 Å². The number of hydrogen-bond donors (Lipinski definition) is 0. The molecule has 0 amide bonds. The number of benzene rings is 4. The van der Waals surface area contributed by atoms with Crippen molar-refractivity contribution < 1.29 is 8.98 Å². The molecule has 144 valence electrons. The van der Waals surface area contributed by atoms with Crippen LogP contribution in [-0.4, -0.2) is 0 Å². The number of nitrogens with zero attached hydrogens (tertiary/aromatic N) is 1. The summed E-state index contributed by atoms with van der Waals surface area (Å²) < 4.78 is 8.77. The number of furan rings is 1. The van der Waals surface area contributed by atoms with E-state index in [1.165, 1.54) is 44.1 Å². The van der Waals surface area contributed by atoms with Gasteiger partial charge in [-0.3, -0.25) is 0 Å². The van der Waals surface area contributed by atoms with E-state index in [-0.39, 0.29) is 0 Å². The van der Waals surface area contributed by atoms with E-state index >= 15 is 0 Å². The van der Waals surface area contributed by atoms with Gasteiger partial charge in [-0.2, -0.15) is 4.57 Å². The lowest BCUT2D eigenvalue weighted by Gasteiger charge is -2.14. The molecular formula is C28H22NO+. The SMILES string of the molecule is Cc1cc2ccccc2c(C)c1-c1c2c3ccccc3oc2c2ccccc2[n+]1C. The molecule has 0 saturated heterocycles. The average Bonchev–Trinajstić information content (AvgIpc) is 3.15. The number of hydrogen-bond acceptors (Lipinski definition) is 1. The minimum Gasteiger partial charge on any atom is -0.455 e. The van der Waals surface area contributed by atoms with Crippen molar-refractivity contribution in [1.29, 1.82) is 0 Å². The quantitative estimate of drug-likeness (QED) is 0.277. The van der Waals surface area contributed by atoms with E-state index in [1.54, 1.807) is 0 Å². The van der Waals surface area contributed by atoms with Crippen LogP contribution in [0.3, 0.4) is 0 Å². The van der Waals surface area contributed by atoms with Gasteiger partial charge >= 0.3 is 0 Å². The van der Waals surface area contributed by atoms with Crippen LogP contribution in [0.4, 0.5) is 0 Å². The highest BCUT2D eigenvalue weighted by Gasteiger charge is 2.28. The van der Waals surface area contributed by atoms with Gasteiger partial charge in [-0.15, -0.1) is 0 Å². The van der Waals surface area contributed by atoms with Gasteiger partial charge in [-0.25, -0.2) is 0 Å². The van der Waals surface area contributed by atoms with Gasteiger partial charge in [-0.05, 0) is 47.9 Å². The van der Waals surface area contributed by atoms with E-state index in [9.17, 15) is 0 Å². The van der Waals surface area contributed by atoms with Gasteiger partial charge in [0.25, 0.3) is 0 Å². The monoisotopic (exact) mass is 388 g/mol. The van der Waals surface area contributed by atoms with Crippen LogP contribution in [0.1, 0.15) is 11.1 Å². The van der Waals surface area contributed by atoms with Crippen molar-refractivity contribution in [2.45, 2.75) is 13.8 Å². The van der Waals surface area contributed by atoms with E-state index in [2.05, 4.69) is 98.3 Å². The van der Waals surface area contributed by atoms with E-state index in [4.69, 9.17) is 4.42 Å². The first kappa shape index (κ1) is 17.2. The number of para-hydroxylation sites is 2. The van der Waals surface area contributed by atoms with Crippen LogP contribution in [0.25, 0.3) is 54.9 Å². The van der Waals surface area contributed by atoms with Crippen LogP contribution >= 0.6 is 0 Å². The molecule has 0 aliphatic carbocycles. The van der Waals surface area contributed by atoms with Gasteiger partial charge in [0.1, 0.15) is 18.0 Å². The van der Waals surface area contributed by atoms with Crippen LogP contribution < -0.4 is 4.57 Å². The molecule has 0 bridgehead atoms. The molecule has 0 aliphatic heterocycles. The Morgan fingerprint density at radius 3 is 2.23 bits per heavy atom.